The minimum atomic E-state index is -5.12. The molecule has 0 atom stereocenters. The van der Waals surface area contributed by atoms with Crippen molar-refractivity contribution in [3.05, 3.63) is 215 Å². The molecule has 0 bridgehead atoms. The highest BCUT2D eigenvalue weighted by atomic mass is 32.3. The van der Waals surface area contributed by atoms with Crippen molar-refractivity contribution in [1.82, 2.24) is 0 Å². The van der Waals surface area contributed by atoms with Gasteiger partial charge in [-0.15, -0.1) is 3.63 Å². The molecule has 77 heavy (non-hydrogen) atoms. The predicted octanol–water partition coefficient (Wildman–Crippen LogP) is 18.9. The maximum absolute atomic E-state index is 9.44. The molecule has 9 nitrogen and oxygen atoms in total. The third-order valence-electron chi connectivity index (χ3n) is 13.4. The second-order valence-electron chi connectivity index (χ2n) is 21.2. The fourth-order valence-corrected chi connectivity index (χ4v) is 10.2. The molecule has 8 rings (SSSR count). The van der Waals surface area contributed by atoms with Gasteiger partial charge in [-0.2, -0.15) is 16.8 Å². The van der Waals surface area contributed by atoms with Gasteiger partial charge in [-0.3, -0.25) is 9.11 Å². The normalized spacial score (nSPS) is 11.7. The van der Waals surface area contributed by atoms with E-state index in [2.05, 4.69) is 279 Å². The van der Waals surface area contributed by atoms with Crippen LogP contribution < -0.4 is 10.6 Å². The van der Waals surface area contributed by atoms with Crippen LogP contribution in [0.4, 0.5) is 22.7 Å². The van der Waals surface area contributed by atoms with Gasteiger partial charge in [-0.1, -0.05) is 265 Å². The minimum Gasteiger partial charge on any atom is -0.354 e. The first-order valence-corrected chi connectivity index (χ1v) is 29.2. The van der Waals surface area contributed by atoms with Gasteiger partial charge in [0.15, 0.2) is 0 Å². The van der Waals surface area contributed by atoms with Crippen molar-refractivity contribution in [2.24, 2.45) is 0 Å². The summed E-state index contributed by atoms with van der Waals surface area (Å²) in [6.45, 7) is 27.6. The molecular weight excluding hydrogens is 997 g/mol. The highest BCUT2D eigenvalue weighted by Gasteiger charge is 2.23. The summed E-state index contributed by atoms with van der Waals surface area (Å²) in [7, 11) is -10.2. The van der Waals surface area contributed by atoms with E-state index in [0.717, 1.165) is 0 Å². The zero-order valence-electron chi connectivity index (χ0n) is 46.5. The Balaban J connectivity index is 0.000000215. The van der Waals surface area contributed by atoms with Gasteiger partial charge in [0.1, 0.15) is 0 Å². The molecule has 404 valence electrons. The average Bonchev–Trinajstić information content (AvgIpc) is 3.38. The number of hydrogen-bond donors (Lipinski definition) is 4. The Morgan fingerprint density at radius 2 is 0.532 bits per heavy atom. The van der Waals surface area contributed by atoms with Gasteiger partial charge in [0.05, 0.1) is 11.4 Å². The van der Waals surface area contributed by atoms with Crippen LogP contribution in [0.15, 0.2) is 182 Å². The van der Waals surface area contributed by atoms with Crippen molar-refractivity contribution >= 4 is 43.5 Å². The summed E-state index contributed by atoms with van der Waals surface area (Å²) < 4.78 is 55.6. The Labute approximate surface area is 459 Å². The summed E-state index contributed by atoms with van der Waals surface area (Å²) in [5.74, 6) is 2.68. The highest BCUT2D eigenvalue weighted by Crippen LogP contribution is 2.45. The van der Waals surface area contributed by atoms with Gasteiger partial charge in [0.2, 0.25) is 0 Å². The van der Waals surface area contributed by atoms with Crippen LogP contribution in [0, 0.1) is 0 Å². The lowest BCUT2D eigenvalue weighted by Crippen LogP contribution is -2.10. The summed E-state index contributed by atoms with van der Waals surface area (Å²) in [6.07, 6.45) is 0. The summed E-state index contributed by atoms with van der Waals surface area (Å²) >= 11 is 0. The number of hydrogen-bond acceptors (Lipinski definition) is 7. The van der Waals surface area contributed by atoms with Gasteiger partial charge in [-0.25, -0.2) is 0 Å². The van der Waals surface area contributed by atoms with E-state index < -0.39 is 20.8 Å². The standard InChI is InChI=1S/2C33H37N.H2O7S2/c2*1-22(2)27-20-30(23(3)4)33(31(21-27)24(5)6)34-32-28(25-14-9-7-10-15-25)18-13-19-29(32)26-16-11-8-12-17-26;1-8(2,3)7-9(4,5)6/h2*7-24,34H,1-6H3;(H,1,2,3)(H,4,5,6). The van der Waals surface area contributed by atoms with Crippen molar-refractivity contribution in [3.63, 3.8) is 0 Å². The molecule has 0 aliphatic carbocycles. The van der Waals surface area contributed by atoms with Gasteiger partial charge in [-0.05, 0) is 91.1 Å². The van der Waals surface area contributed by atoms with Crippen LogP contribution in [0.25, 0.3) is 44.5 Å². The molecule has 4 N–H and O–H groups in total. The van der Waals surface area contributed by atoms with Crippen LogP contribution in [0.5, 0.6) is 0 Å². The third-order valence-corrected chi connectivity index (χ3v) is 14.8. The number of nitrogens with one attached hydrogen (secondary N) is 2. The zero-order valence-corrected chi connectivity index (χ0v) is 48.2. The van der Waals surface area contributed by atoms with E-state index in [0.29, 0.717) is 35.5 Å². The molecule has 0 saturated carbocycles. The monoisotopic (exact) mass is 1070 g/mol. The van der Waals surface area contributed by atoms with E-state index in [-0.39, 0.29) is 0 Å². The summed E-state index contributed by atoms with van der Waals surface area (Å²) in [5.41, 5.74) is 23.0. The van der Waals surface area contributed by atoms with Gasteiger partial charge in [0, 0.05) is 33.6 Å². The third kappa shape index (κ3) is 16.1. The van der Waals surface area contributed by atoms with E-state index in [1.807, 2.05) is 0 Å². The van der Waals surface area contributed by atoms with Crippen molar-refractivity contribution < 1.29 is 29.6 Å². The quantitative estimate of drug-likeness (QED) is 0.0696. The second-order valence-corrected chi connectivity index (χ2v) is 23.4. The van der Waals surface area contributed by atoms with E-state index in [1.165, 1.54) is 101 Å². The van der Waals surface area contributed by atoms with Gasteiger partial charge >= 0.3 is 20.8 Å². The number of para-hydroxylation sites is 2. The maximum atomic E-state index is 9.44. The molecule has 8 aromatic rings. The molecule has 0 radical (unpaired) electrons. The van der Waals surface area contributed by atoms with Crippen LogP contribution in [0.3, 0.4) is 0 Å². The lowest BCUT2D eigenvalue weighted by atomic mass is 9.86. The molecule has 0 unspecified atom stereocenters. The van der Waals surface area contributed by atoms with Crippen LogP contribution in [-0.2, 0) is 24.4 Å². The number of benzene rings is 8. The lowest BCUT2D eigenvalue weighted by molar-refractivity contribution is 0.344. The molecule has 0 aliphatic heterocycles. The van der Waals surface area contributed by atoms with E-state index >= 15 is 0 Å². The largest absolute Gasteiger partial charge is 0.413 e. The lowest BCUT2D eigenvalue weighted by Gasteiger charge is -2.26. The molecule has 8 aromatic carbocycles. The first-order chi connectivity index (χ1) is 36.4. The minimum absolute atomic E-state index is 0.419. The van der Waals surface area contributed by atoms with E-state index in [4.69, 9.17) is 9.11 Å². The van der Waals surface area contributed by atoms with Crippen LogP contribution in [0.2, 0.25) is 0 Å². The first-order valence-electron chi connectivity index (χ1n) is 26.5. The Hall–Kier alpha value is -6.86. The van der Waals surface area contributed by atoms with Crippen molar-refractivity contribution in [2.45, 2.75) is 119 Å². The Kier molecular flexibility index (Phi) is 20.4. The van der Waals surface area contributed by atoms with Crippen molar-refractivity contribution in [2.75, 3.05) is 10.6 Å². The Bertz CT molecular complexity index is 3030. The van der Waals surface area contributed by atoms with Crippen molar-refractivity contribution in [1.29, 1.82) is 0 Å². The number of anilines is 4. The maximum Gasteiger partial charge on any atom is 0.413 e. The smallest absolute Gasteiger partial charge is 0.354 e. The van der Waals surface area contributed by atoms with E-state index in [9.17, 15) is 16.8 Å². The molecular formula is C66H76N2O7S2. The molecule has 0 heterocycles. The molecule has 0 saturated heterocycles. The molecule has 0 amide bonds. The Morgan fingerprint density at radius 1 is 0.312 bits per heavy atom. The first kappa shape index (κ1) is 59.4. The summed E-state index contributed by atoms with van der Waals surface area (Å²) in [4.78, 5) is 0. The van der Waals surface area contributed by atoms with Gasteiger partial charge in [0.25, 0.3) is 0 Å². The Morgan fingerprint density at radius 3 is 0.701 bits per heavy atom. The van der Waals surface area contributed by atoms with Crippen LogP contribution in [0.1, 0.15) is 152 Å². The number of rotatable bonds is 16. The molecule has 0 aromatic heterocycles. The van der Waals surface area contributed by atoms with Gasteiger partial charge < -0.3 is 10.6 Å². The molecule has 0 fully saturated rings. The fourth-order valence-electron chi connectivity index (χ4n) is 9.37. The second kappa shape index (κ2) is 26.5. The molecule has 0 spiro atoms. The van der Waals surface area contributed by atoms with E-state index in [1.54, 1.807) is 0 Å². The van der Waals surface area contributed by atoms with Crippen LogP contribution in [-0.4, -0.2) is 25.9 Å². The summed E-state index contributed by atoms with van der Waals surface area (Å²) in [5, 5.41) is 8.01. The van der Waals surface area contributed by atoms with Crippen LogP contribution >= 0.6 is 0 Å². The average molecular weight is 1070 g/mol. The zero-order chi connectivity index (χ0) is 56.2. The summed E-state index contributed by atoms with van der Waals surface area (Å²) in [6, 6.07) is 65.8. The SMILES string of the molecule is CC(C)c1cc(C(C)C)c(Nc2c(-c3ccccc3)cccc2-c2ccccc2)c(C(C)C)c1.CC(C)c1cc(C(C)C)c(Nc2c(-c3ccccc3)cccc2-c2ccccc2)c(C(C)C)c1.O=S(=O)(O)OS(=O)(=O)O. The molecule has 0 aliphatic rings. The topological polar surface area (TPSA) is 142 Å². The highest BCUT2D eigenvalue weighted by molar-refractivity contribution is 7.94. The van der Waals surface area contributed by atoms with Crippen molar-refractivity contribution in [3.8, 4) is 44.5 Å². The predicted molar refractivity (Wildman–Crippen MR) is 323 cm³/mol. The molecule has 11 heteroatoms. The fraction of sp³-hybridized carbons (Fsp3) is 0.273.